The zero-order valence-electron chi connectivity index (χ0n) is 72.2. The maximum Gasteiger partial charge on any atom is 0.171 e. The van der Waals surface area contributed by atoms with Crippen molar-refractivity contribution in [2.75, 3.05) is 0 Å². The second-order valence-corrected chi connectivity index (χ2v) is 44.9. The van der Waals surface area contributed by atoms with Crippen LogP contribution in [0.2, 0.25) is 0 Å². The van der Waals surface area contributed by atoms with Crippen molar-refractivity contribution in [3.8, 4) is 0 Å². The van der Waals surface area contributed by atoms with Crippen LogP contribution in [0.4, 0.5) is 0 Å². The van der Waals surface area contributed by atoms with E-state index in [-0.39, 0.29) is 0 Å². The molecule has 0 aliphatic heterocycles. The number of fused-ring (bicyclic) bond motifs is 20. The predicted molar refractivity (Wildman–Crippen MR) is 444 cm³/mol. The Kier molecular flexibility index (Phi) is 22.4. The molecule has 16 fully saturated rings. The lowest BCUT2D eigenvalue weighted by Gasteiger charge is -2.57. The second kappa shape index (κ2) is 31.3. The van der Waals surface area contributed by atoms with E-state index in [4.69, 9.17) is 0 Å². The van der Waals surface area contributed by atoms with E-state index in [1.54, 1.807) is 17.5 Å². The molecule has 4 aromatic heterocycles. The van der Waals surface area contributed by atoms with Crippen molar-refractivity contribution in [2.45, 2.75) is 349 Å². The summed E-state index contributed by atoms with van der Waals surface area (Å²) >= 11 is 0. The Morgan fingerprint density at radius 2 is 0.711 bits per heavy atom. The predicted octanol–water partition coefficient (Wildman–Crippen LogP) is 18.2. The summed E-state index contributed by atoms with van der Waals surface area (Å²) in [5, 5.41) is 82.8. The SMILES string of the molecule is C=C(Cn1cncn1)[C@H]1CC[C@H]2[C@@H]3CC[C@H]4C[C@](C)(O)CC[C@@H]4[C@H]3CC[C@]12C.C=C(Cn1cnnn1)[C@H]1CC[C@H]2[C@@H]3CC[C@H]4C[C@](C)(O)CC[C@@H]4[C@H]3CC[C@]12C.C=C(Cn1nnc(C)n1)[C@H]1CC[C@H]2[C@@H]3CC[C@H]4C[C@](C)(O)CC[C@@H]4[C@H]3CC[C@]12C.C=C(Cn1nnnc1C)[C@H]1CC[C@H]2[C@@H]3CC[C@H]4C[C@](C)(O)CC[C@@H]4[C@H]3CC[C@]12C. The summed E-state index contributed by atoms with van der Waals surface area (Å²) in [7, 11) is 0. The summed E-state index contributed by atoms with van der Waals surface area (Å²) in [6.07, 6.45) is 50.8. The van der Waals surface area contributed by atoms with E-state index in [2.05, 4.69) is 138 Å². The number of hydrogen-bond acceptors (Lipinski definition) is 15. The molecule has 32 atom stereocenters. The molecule has 4 N–H and O–H groups in total. The van der Waals surface area contributed by atoms with Crippen molar-refractivity contribution in [1.29, 1.82) is 0 Å². The van der Waals surface area contributed by atoms with Gasteiger partial charge in [-0.1, -0.05) is 76.3 Å². The van der Waals surface area contributed by atoms with Gasteiger partial charge in [0.15, 0.2) is 5.82 Å². The molecule has 16 aliphatic carbocycles. The molecule has 0 unspecified atom stereocenters. The molecule has 0 radical (unpaired) electrons. The average molecular weight is 1570 g/mol. The van der Waals surface area contributed by atoms with Gasteiger partial charge >= 0.3 is 0 Å². The van der Waals surface area contributed by atoms with Crippen molar-refractivity contribution in [1.82, 2.24) is 75.4 Å². The van der Waals surface area contributed by atoms with Crippen LogP contribution in [0.5, 0.6) is 0 Å². The lowest BCUT2D eigenvalue weighted by atomic mass is 9.49. The van der Waals surface area contributed by atoms with Gasteiger partial charge in [0.2, 0.25) is 0 Å². The second-order valence-electron chi connectivity index (χ2n) is 44.9. The van der Waals surface area contributed by atoms with Crippen LogP contribution in [-0.2, 0) is 26.2 Å². The van der Waals surface area contributed by atoms with Gasteiger partial charge < -0.3 is 20.4 Å². The topological polar surface area (TPSA) is 242 Å². The van der Waals surface area contributed by atoms with Gasteiger partial charge in [-0.3, -0.25) is 0 Å². The monoisotopic (exact) mass is 1560 g/mol. The molecular weight excluding hydrogens is 1420 g/mol. The zero-order chi connectivity index (χ0) is 79.8. The summed E-state index contributed by atoms with van der Waals surface area (Å²) < 4.78 is 5.66. The quantitative estimate of drug-likeness (QED) is 0.0964. The van der Waals surface area contributed by atoms with Gasteiger partial charge in [0, 0.05) is 0 Å². The fraction of sp³-hybridized carbons (Fsp3) is 0.863. The number of hydrogen-bond donors (Lipinski definition) is 4. The fourth-order valence-corrected chi connectivity index (χ4v) is 33.6. The molecule has 16 aliphatic rings. The Morgan fingerprint density at radius 3 is 1.03 bits per heavy atom. The van der Waals surface area contributed by atoms with E-state index >= 15 is 0 Å². The van der Waals surface area contributed by atoms with Crippen LogP contribution in [0.15, 0.2) is 67.6 Å². The van der Waals surface area contributed by atoms with Crippen molar-refractivity contribution < 1.29 is 20.4 Å². The van der Waals surface area contributed by atoms with Crippen LogP contribution in [-0.4, -0.2) is 118 Å². The molecule has 0 saturated heterocycles. The Bertz CT molecular complexity index is 3920. The van der Waals surface area contributed by atoms with E-state index in [1.165, 1.54) is 202 Å². The first-order chi connectivity index (χ1) is 54.3. The van der Waals surface area contributed by atoms with Crippen molar-refractivity contribution in [3.63, 3.8) is 0 Å². The van der Waals surface area contributed by atoms with E-state index < -0.39 is 22.4 Å². The summed E-state index contributed by atoms with van der Waals surface area (Å²) in [6, 6.07) is 0. The maximum absolute atomic E-state index is 10.6. The summed E-state index contributed by atoms with van der Waals surface area (Å²) in [5.41, 5.74) is 5.26. The molecule has 0 amide bonds. The summed E-state index contributed by atoms with van der Waals surface area (Å²) in [5.74, 6) is 21.2. The van der Waals surface area contributed by atoms with Gasteiger partial charge in [-0.05, 0) is 462 Å². The Hall–Kier alpha value is -4.85. The van der Waals surface area contributed by atoms with Crippen molar-refractivity contribution in [2.24, 2.45) is 164 Å². The molecular formula is C95H149N15O4. The summed E-state index contributed by atoms with van der Waals surface area (Å²) in [6.45, 7) is 43.5. The van der Waals surface area contributed by atoms with Gasteiger partial charge in [0.05, 0.1) is 48.6 Å². The Morgan fingerprint density at radius 1 is 0.360 bits per heavy atom. The minimum Gasteiger partial charge on any atom is -0.390 e. The van der Waals surface area contributed by atoms with Crippen LogP contribution in [0.25, 0.3) is 0 Å². The molecule has 19 nitrogen and oxygen atoms in total. The normalized spacial score (nSPS) is 47.2. The Labute approximate surface area is 684 Å². The van der Waals surface area contributed by atoms with Gasteiger partial charge in [0.25, 0.3) is 0 Å². The van der Waals surface area contributed by atoms with Crippen LogP contribution in [0, 0.1) is 178 Å². The van der Waals surface area contributed by atoms with E-state index in [9.17, 15) is 20.4 Å². The minimum absolute atomic E-state index is 0.390. The van der Waals surface area contributed by atoms with E-state index in [1.807, 2.05) is 34.2 Å². The van der Waals surface area contributed by atoms with Crippen LogP contribution in [0.1, 0.15) is 298 Å². The van der Waals surface area contributed by atoms with Crippen molar-refractivity contribution in [3.05, 3.63) is 79.2 Å². The number of allylic oxidation sites excluding steroid dienone is 4. The third-order valence-corrected chi connectivity index (χ3v) is 38.5. The molecule has 4 aromatic rings. The molecule has 19 heteroatoms. The van der Waals surface area contributed by atoms with Crippen LogP contribution < -0.4 is 0 Å². The van der Waals surface area contributed by atoms with Gasteiger partial charge in [-0.2, -0.15) is 9.90 Å². The molecule has 4 heterocycles. The molecule has 0 aromatic carbocycles. The number of aryl methyl sites for hydroxylation is 2. The minimum atomic E-state index is -0.416. The fourth-order valence-electron chi connectivity index (χ4n) is 33.6. The van der Waals surface area contributed by atoms with Gasteiger partial charge in [0.1, 0.15) is 24.8 Å². The average Bonchev–Trinajstić information content (AvgIpc) is 1.60. The van der Waals surface area contributed by atoms with Gasteiger partial charge in [-0.15, -0.1) is 20.4 Å². The number of aromatic nitrogens is 15. The number of nitrogens with zero attached hydrogens (tertiary/aromatic N) is 15. The largest absolute Gasteiger partial charge is 0.390 e. The molecule has 0 bridgehead atoms. The zero-order valence-corrected chi connectivity index (χ0v) is 72.2. The number of rotatable bonds is 12. The van der Waals surface area contributed by atoms with Crippen LogP contribution >= 0.6 is 0 Å². The summed E-state index contributed by atoms with van der Waals surface area (Å²) in [4.78, 5) is 5.82. The molecule has 114 heavy (non-hydrogen) atoms. The first-order valence-electron chi connectivity index (χ1n) is 46.9. The first-order valence-corrected chi connectivity index (χ1v) is 46.9. The van der Waals surface area contributed by atoms with Crippen molar-refractivity contribution >= 4 is 0 Å². The highest BCUT2D eigenvalue weighted by molar-refractivity contribution is 5.21. The maximum atomic E-state index is 10.6. The highest BCUT2D eigenvalue weighted by atomic mass is 16.3. The van der Waals surface area contributed by atoms with E-state index in [0.717, 1.165) is 201 Å². The third kappa shape index (κ3) is 15.4. The standard InChI is InChI=1S/2C24H38N4O.C24H37N3O.C23H36N4O/c1-15(14-28-16(2)25-26-27-28)21-7-8-22-20-6-5-17-13-23(3,29)11-9-18(17)19(20)10-12-24(21,22)4;1-15(14-28-26-16(2)25-27-28)21-7-8-22-20-6-5-17-13-23(3,29)11-9-18(17)19(20)10-12-24(21,22)4;1-16(13-27-15-25-14-26-27)21-6-7-22-20-5-4-17-12-23(2,28)10-8-18(17)19(20)9-11-24(21,22)3;1-15(13-27-14-24-25-26-27)20-6-7-21-19-5-4-16-12-22(2,28)10-8-17(16)18(19)9-11-23(20,21)3/h2*17-22,29H,1,5-14H2,2-4H3;14-15,17-22,28H,1,4-13H2,2-3H3;14,16-21,28H,1,4-13H2,2-3H3/t3*17-,18-,19+,20+,21+,22-,23+,24+;16-,17-,18+,19+,20+,21-,22+,23+/m0000/s1. The third-order valence-electron chi connectivity index (χ3n) is 38.5. The first kappa shape index (κ1) is 81.5. The lowest BCUT2D eigenvalue weighted by molar-refractivity contribution is -0.0980. The van der Waals surface area contributed by atoms with Crippen LogP contribution in [0.3, 0.4) is 0 Å². The van der Waals surface area contributed by atoms with Gasteiger partial charge in [-0.25, -0.2) is 19.0 Å². The molecule has 20 rings (SSSR count). The molecule has 16 saturated carbocycles. The highest BCUT2D eigenvalue weighted by Crippen LogP contribution is 2.71. The number of aliphatic hydroxyl groups is 4. The number of tetrazole rings is 3. The molecule has 628 valence electrons. The highest BCUT2D eigenvalue weighted by Gasteiger charge is 2.63. The molecule has 0 spiro atoms. The smallest absolute Gasteiger partial charge is 0.171 e. The van der Waals surface area contributed by atoms with E-state index in [0.29, 0.717) is 51.9 Å². The Balaban J connectivity index is 0.000000110. The lowest BCUT2D eigenvalue weighted by Crippen LogP contribution is -2.50.